The Kier molecular flexibility index (Phi) is 6.64. The molecule has 7 atom stereocenters. The van der Waals surface area contributed by atoms with Crippen LogP contribution in [0.2, 0.25) is 0 Å². The van der Waals surface area contributed by atoms with Gasteiger partial charge >= 0.3 is 17.9 Å². The Morgan fingerprint density at radius 1 is 1.35 bits per heavy atom. The second-order valence-corrected chi connectivity index (χ2v) is 8.68. The van der Waals surface area contributed by atoms with E-state index in [-0.39, 0.29) is 30.1 Å². The first-order valence-corrected chi connectivity index (χ1v) is 10.6. The summed E-state index contributed by atoms with van der Waals surface area (Å²) in [6.07, 6.45) is 0.433. The lowest BCUT2D eigenvalue weighted by molar-refractivity contribution is -0.157. The van der Waals surface area contributed by atoms with E-state index < -0.39 is 59.6 Å². The molecule has 2 aliphatic carbocycles. The number of aliphatic hydroxyl groups excluding tert-OH is 1. The number of carbonyl (C=O) groups is 3. The van der Waals surface area contributed by atoms with Gasteiger partial charge in [0.25, 0.3) is 0 Å². The van der Waals surface area contributed by atoms with Crippen LogP contribution in [0.25, 0.3) is 0 Å². The van der Waals surface area contributed by atoms with Crippen molar-refractivity contribution in [2.45, 2.75) is 51.1 Å². The standard InChI is InChI=1S/C22H27ClO8/c1-10(5-6-24)20(26)30-15-8-22(28,9-23)18-14(29-13(4)25)7-11(2)16(18)19-17(15)12(3)21(27)31-19/h5,7,14-19,24,28H,3,6,8-9H2,1-2,4H3/b10-5-/t14-,15-,16+,17-,18-,19-,22-/m1/s1. The minimum absolute atomic E-state index is 0.106. The lowest BCUT2D eigenvalue weighted by atomic mass is 9.75. The van der Waals surface area contributed by atoms with Crippen LogP contribution in [-0.2, 0) is 28.6 Å². The van der Waals surface area contributed by atoms with Crippen molar-refractivity contribution in [1.82, 2.24) is 0 Å². The van der Waals surface area contributed by atoms with Crippen LogP contribution >= 0.6 is 11.6 Å². The van der Waals surface area contributed by atoms with Crippen LogP contribution in [0.4, 0.5) is 0 Å². The van der Waals surface area contributed by atoms with Crippen LogP contribution in [0.5, 0.6) is 0 Å². The van der Waals surface area contributed by atoms with Gasteiger partial charge in [0.1, 0.15) is 18.3 Å². The third-order valence-electron chi connectivity index (χ3n) is 6.40. The van der Waals surface area contributed by atoms with Crippen molar-refractivity contribution in [1.29, 1.82) is 0 Å². The van der Waals surface area contributed by atoms with Crippen LogP contribution in [0, 0.1) is 17.8 Å². The second-order valence-electron chi connectivity index (χ2n) is 8.41. The number of hydrogen-bond donors (Lipinski definition) is 2. The summed E-state index contributed by atoms with van der Waals surface area (Å²) in [6.45, 7) is 8.07. The van der Waals surface area contributed by atoms with Gasteiger partial charge in [-0.05, 0) is 26.0 Å². The molecular formula is C22H27ClO8. The number of carbonyl (C=O) groups excluding carboxylic acids is 3. The Morgan fingerprint density at radius 2 is 2.03 bits per heavy atom. The summed E-state index contributed by atoms with van der Waals surface area (Å²) in [7, 11) is 0. The normalized spacial score (nSPS) is 37.4. The third-order valence-corrected chi connectivity index (χ3v) is 6.86. The summed E-state index contributed by atoms with van der Waals surface area (Å²) in [5.41, 5.74) is -0.479. The highest BCUT2D eigenvalue weighted by molar-refractivity contribution is 6.18. The molecule has 1 saturated carbocycles. The van der Waals surface area contributed by atoms with Gasteiger partial charge in [0.05, 0.1) is 24.0 Å². The van der Waals surface area contributed by atoms with Crippen LogP contribution in [-0.4, -0.2) is 64.5 Å². The number of esters is 3. The molecule has 2 fully saturated rings. The first kappa shape index (κ1) is 23.5. The summed E-state index contributed by atoms with van der Waals surface area (Å²) in [6, 6.07) is 0. The highest BCUT2D eigenvalue weighted by Gasteiger charge is 2.62. The van der Waals surface area contributed by atoms with Crippen LogP contribution in [0.1, 0.15) is 27.2 Å². The first-order chi connectivity index (χ1) is 14.5. The molecule has 2 N–H and O–H groups in total. The predicted octanol–water partition coefficient (Wildman–Crippen LogP) is 1.43. The maximum Gasteiger partial charge on any atom is 0.334 e. The Labute approximate surface area is 185 Å². The minimum atomic E-state index is -1.59. The molecule has 0 spiro atoms. The van der Waals surface area contributed by atoms with Gasteiger partial charge in [-0.25, -0.2) is 9.59 Å². The molecule has 0 aromatic carbocycles. The molecule has 0 amide bonds. The van der Waals surface area contributed by atoms with E-state index in [1.165, 1.54) is 19.9 Å². The summed E-state index contributed by atoms with van der Waals surface area (Å²) in [5, 5.41) is 20.6. The maximum absolute atomic E-state index is 12.6. The van der Waals surface area contributed by atoms with Crippen molar-refractivity contribution in [3.05, 3.63) is 35.5 Å². The molecule has 170 valence electrons. The zero-order valence-corrected chi connectivity index (χ0v) is 18.4. The van der Waals surface area contributed by atoms with E-state index in [4.69, 9.17) is 30.9 Å². The molecule has 0 radical (unpaired) electrons. The Balaban J connectivity index is 2.06. The maximum atomic E-state index is 12.6. The largest absolute Gasteiger partial charge is 0.458 e. The minimum Gasteiger partial charge on any atom is -0.458 e. The fourth-order valence-electron chi connectivity index (χ4n) is 5.02. The van der Waals surface area contributed by atoms with Crippen LogP contribution in [0.3, 0.4) is 0 Å². The number of hydrogen-bond acceptors (Lipinski definition) is 8. The van der Waals surface area contributed by atoms with Crippen molar-refractivity contribution in [2.75, 3.05) is 12.5 Å². The molecule has 31 heavy (non-hydrogen) atoms. The van der Waals surface area contributed by atoms with E-state index in [0.29, 0.717) is 0 Å². The molecular weight excluding hydrogens is 428 g/mol. The van der Waals surface area contributed by atoms with E-state index in [0.717, 1.165) is 5.57 Å². The van der Waals surface area contributed by atoms with Crippen molar-refractivity contribution >= 4 is 29.5 Å². The summed E-state index contributed by atoms with van der Waals surface area (Å²) in [5.74, 6) is -3.94. The van der Waals surface area contributed by atoms with Crippen LogP contribution in [0.15, 0.2) is 35.5 Å². The topological polar surface area (TPSA) is 119 Å². The molecule has 0 unspecified atom stereocenters. The molecule has 8 nitrogen and oxygen atoms in total. The van der Waals surface area contributed by atoms with Gasteiger partial charge in [0, 0.05) is 36.3 Å². The molecule has 0 aromatic heterocycles. The third kappa shape index (κ3) is 4.16. The van der Waals surface area contributed by atoms with E-state index in [1.807, 2.05) is 6.92 Å². The molecule has 9 heteroatoms. The average Bonchev–Trinajstić information content (AvgIpc) is 3.13. The zero-order chi connectivity index (χ0) is 23.1. The fraction of sp³-hybridized carbons (Fsp3) is 0.591. The average molecular weight is 455 g/mol. The van der Waals surface area contributed by atoms with Gasteiger partial charge in [-0.15, -0.1) is 11.6 Å². The van der Waals surface area contributed by atoms with Crippen molar-refractivity contribution in [3.63, 3.8) is 0 Å². The Morgan fingerprint density at radius 3 is 2.61 bits per heavy atom. The Bertz CT molecular complexity index is 862. The number of fused-ring (bicyclic) bond motifs is 3. The highest BCUT2D eigenvalue weighted by Crippen LogP contribution is 2.54. The smallest absolute Gasteiger partial charge is 0.334 e. The zero-order valence-electron chi connectivity index (χ0n) is 17.7. The highest BCUT2D eigenvalue weighted by atomic mass is 35.5. The fourth-order valence-corrected chi connectivity index (χ4v) is 5.31. The van der Waals surface area contributed by atoms with Crippen LogP contribution < -0.4 is 0 Å². The molecule has 1 saturated heterocycles. The quantitative estimate of drug-likeness (QED) is 0.210. The Hall–Kier alpha value is -2.16. The molecule has 3 aliphatic rings. The number of rotatable bonds is 5. The van der Waals surface area contributed by atoms with E-state index >= 15 is 0 Å². The molecule has 0 aromatic rings. The van der Waals surface area contributed by atoms with Gasteiger partial charge < -0.3 is 24.4 Å². The van der Waals surface area contributed by atoms with E-state index in [2.05, 4.69) is 6.58 Å². The van der Waals surface area contributed by atoms with Gasteiger partial charge in [0.2, 0.25) is 0 Å². The van der Waals surface area contributed by atoms with Gasteiger partial charge in [0.15, 0.2) is 0 Å². The first-order valence-electron chi connectivity index (χ1n) is 10.1. The van der Waals surface area contributed by atoms with E-state index in [1.54, 1.807) is 6.08 Å². The number of aliphatic hydroxyl groups is 2. The monoisotopic (exact) mass is 454 g/mol. The molecule has 3 rings (SSSR count). The van der Waals surface area contributed by atoms with Crippen molar-refractivity contribution in [3.8, 4) is 0 Å². The summed E-state index contributed by atoms with van der Waals surface area (Å²) in [4.78, 5) is 36.6. The van der Waals surface area contributed by atoms with Crippen molar-refractivity contribution in [2.24, 2.45) is 17.8 Å². The van der Waals surface area contributed by atoms with Gasteiger partial charge in [-0.3, -0.25) is 4.79 Å². The van der Waals surface area contributed by atoms with Gasteiger partial charge in [-0.2, -0.15) is 0 Å². The van der Waals surface area contributed by atoms with Crippen molar-refractivity contribution < 1.29 is 38.8 Å². The lowest BCUT2D eigenvalue weighted by Crippen LogP contribution is -2.50. The number of alkyl halides is 1. The van der Waals surface area contributed by atoms with E-state index in [9.17, 15) is 19.5 Å². The second kappa shape index (κ2) is 8.76. The SMILES string of the molecule is C=C1C(=O)O[C@@H]2[C@H]3C(C)=C[C@@H](OC(C)=O)[C@H]3[C@](O)(CCl)C[C@@H](OC(=O)/C(C)=C\CO)[C@@H]12. The summed E-state index contributed by atoms with van der Waals surface area (Å²) < 4.78 is 16.8. The van der Waals surface area contributed by atoms with Gasteiger partial charge in [-0.1, -0.05) is 12.2 Å². The molecule has 1 heterocycles. The predicted molar refractivity (Wildman–Crippen MR) is 110 cm³/mol. The lowest BCUT2D eigenvalue weighted by Gasteiger charge is -2.38. The number of halogens is 1. The summed E-state index contributed by atoms with van der Waals surface area (Å²) >= 11 is 6.22. The number of ether oxygens (including phenoxy) is 3. The molecule has 0 bridgehead atoms. The molecule has 1 aliphatic heterocycles.